The van der Waals surface area contributed by atoms with Crippen LogP contribution in [0.1, 0.15) is 5.56 Å². The number of nitrogen functional groups attached to an aromatic ring is 1. The van der Waals surface area contributed by atoms with Crippen LogP contribution in [0.2, 0.25) is 0 Å². The second-order valence-electron chi connectivity index (χ2n) is 3.23. The van der Waals surface area contributed by atoms with Crippen LogP contribution in [-0.2, 0) is 0 Å². The Balaban J connectivity index is 2.60. The van der Waals surface area contributed by atoms with Gasteiger partial charge in [-0.25, -0.2) is 0 Å². The minimum absolute atomic E-state index is 0.230. The zero-order valence-electron chi connectivity index (χ0n) is 7.99. The molecule has 0 bridgehead atoms. The summed E-state index contributed by atoms with van der Waals surface area (Å²) >= 11 is 3.27. The van der Waals surface area contributed by atoms with E-state index in [2.05, 4.69) is 21.1 Å². The van der Waals surface area contributed by atoms with Gasteiger partial charge < -0.3 is 15.4 Å². The standard InChI is InChI=1S/C10H9BrN2O2/c1-5-2-6(3-8(11)9(5)14)7-4-13-15-10(7)12/h2-4,14H,12H2,1H3. The first-order valence-electron chi connectivity index (χ1n) is 4.29. The van der Waals surface area contributed by atoms with Crippen molar-refractivity contribution in [3.8, 4) is 16.9 Å². The quantitative estimate of drug-likeness (QED) is 0.834. The van der Waals surface area contributed by atoms with Gasteiger partial charge in [-0.15, -0.1) is 0 Å². The fourth-order valence-corrected chi connectivity index (χ4v) is 1.92. The van der Waals surface area contributed by atoms with Gasteiger partial charge in [-0.1, -0.05) is 5.16 Å². The molecule has 1 aromatic carbocycles. The van der Waals surface area contributed by atoms with Crippen molar-refractivity contribution in [2.75, 3.05) is 5.73 Å². The zero-order valence-corrected chi connectivity index (χ0v) is 9.58. The van der Waals surface area contributed by atoms with E-state index in [1.54, 1.807) is 12.3 Å². The summed E-state index contributed by atoms with van der Waals surface area (Å²) in [7, 11) is 0. The van der Waals surface area contributed by atoms with E-state index < -0.39 is 0 Å². The summed E-state index contributed by atoms with van der Waals surface area (Å²) in [6.07, 6.45) is 1.55. The molecule has 0 unspecified atom stereocenters. The molecule has 0 fully saturated rings. The lowest BCUT2D eigenvalue weighted by atomic mass is 10.1. The third kappa shape index (κ3) is 1.70. The molecule has 2 rings (SSSR count). The molecule has 5 heteroatoms. The van der Waals surface area contributed by atoms with E-state index in [0.29, 0.717) is 4.47 Å². The number of anilines is 1. The third-order valence-corrected chi connectivity index (χ3v) is 2.77. The van der Waals surface area contributed by atoms with Crippen LogP contribution in [0.4, 0.5) is 5.88 Å². The smallest absolute Gasteiger partial charge is 0.229 e. The summed E-state index contributed by atoms with van der Waals surface area (Å²) < 4.78 is 5.40. The predicted octanol–water partition coefficient (Wildman–Crippen LogP) is 2.70. The fraction of sp³-hybridized carbons (Fsp3) is 0.100. The maximum atomic E-state index is 9.58. The summed E-state index contributed by atoms with van der Waals surface area (Å²) in [6, 6.07) is 3.59. The summed E-state index contributed by atoms with van der Waals surface area (Å²) in [5.74, 6) is 0.501. The number of nitrogens with zero attached hydrogens (tertiary/aromatic N) is 1. The highest BCUT2D eigenvalue weighted by Crippen LogP contribution is 2.34. The Morgan fingerprint density at radius 3 is 2.73 bits per heavy atom. The highest BCUT2D eigenvalue weighted by molar-refractivity contribution is 9.10. The summed E-state index contributed by atoms with van der Waals surface area (Å²) in [5.41, 5.74) is 7.95. The molecule has 0 saturated carbocycles. The predicted molar refractivity (Wildman–Crippen MR) is 60.5 cm³/mol. The molecule has 0 saturated heterocycles. The average molecular weight is 269 g/mol. The molecule has 0 aliphatic heterocycles. The molecule has 0 amide bonds. The van der Waals surface area contributed by atoms with Crippen LogP contribution in [0, 0.1) is 6.92 Å². The SMILES string of the molecule is Cc1cc(-c2cnoc2N)cc(Br)c1O. The van der Waals surface area contributed by atoms with Crippen molar-refractivity contribution in [2.24, 2.45) is 0 Å². The Labute approximate surface area is 94.8 Å². The van der Waals surface area contributed by atoms with Crippen molar-refractivity contribution < 1.29 is 9.63 Å². The van der Waals surface area contributed by atoms with Crippen LogP contribution in [0.25, 0.3) is 11.1 Å². The van der Waals surface area contributed by atoms with Crippen LogP contribution in [0.5, 0.6) is 5.75 Å². The maximum Gasteiger partial charge on any atom is 0.229 e. The largest absolute Gasteiger partial charge is 0.506 e. The number of nitrogens with two attached hydrogens (primary N) is 1. The normalized spacial score (nSPS) is 10.5. The van der Waals surface area contributed by atoms with E-state index in [1.165, 1.54) is 0 Å². The van der Waals surface area contributed by atoms with Gasteiger partial charge in [-0.2, -0.15) is 0 Å². The van der Waals surface area contributed by atoms with Crippen molar-refractivity contribution in [3.05, 3.63) is 28.4 Å². The first kappa shape index (κ1) is 10.0. The lowest BCUT2D eigenvalue weighted by Gasteiger charge is -2.05. The van der Waals surface area contributed by atoms with E-state index >= 15 is 0 Å². The minimum Gasteiger partial charge on any atom is -0.506 e. The fourth-order valence-electron chi connectivity index (χ4n) is 1.36. The Kier molecular flexibility index (Phi) is 2.40. The van der Waals surface area contributed by atoms with E-state index in [4.69, 9.17) is 10.3 Å². The first-order chi connectivity index (χ1) is 7.09. The van der Waals surface area contributed by atoms with Crippen LogP contribution in [-0.4, -0.2) is 10.3 Å². The summed E-state index contributed by atoms with van der Waals surface area (Å²) in [5, 5.41) is 13.2. The van der Waals surface area contributed by atoms with Crippen molar-refractivity contribution in [3.63, 3.8) is 0 Å². The van der Waals surface area contributed by atoms with Crippen LogP contribution in [0.15, 0.2) is 27.3 Å². The molecule has 0 spiro atoms. The van der Waals surface area contributed by atoms with Gasteiger partial charge in [0.05, 0.1) is 16.2 Å². The number of halogens is 1. The van der Waals surface area contributed by atoms with Gasteiger partial charge in [0.2, 0.25) is 5.88 Å². The number of aromatic nitrogens is 1. The molecule has 1 aromatic heterocycles. The molecule has 2 aromatic rings. The number of phenolic OH excluding ortho intramolecular Hbond substituents is 1. The minimum atomic E-state index is 0.230. The maximum absolute atomic E-state index is 9.58. The molecule has 4 nitrogen and oxygen atoms in total. The second-order valence-corrected chi connectivity index (χ2v) is 4.08. The number of benzene rings is 1. The van der Waals surface area contributed by atoms with Gasteiger partial charge in [0.1, 0.15) is 5.75 Å². The lowest BCUT2D eigenvalue weighted by Crippen LogP contribution is -1.86. The number of aromatic hydroxyl groups is 1. The summed E-state index contributed by atoms with van der Waals surface area (Å²) in [6.45, 7) is 1.81. The second kappa shape index (κ2) is 3.58. The van der Waals surface area contributed by atoms with E-state index in [1.807, 2.05) is 13.0 Å². The van der Waals surface area contributed by atoms with E-state index in [-0.39, 0.29) is 11.6 Å². The monoisotopic (exact) mass is 268 g/mol. The van der Waals surface area contributed by atoms with Gasteiger partial charge in [0.25, 0.3) is 0 Å². The van der Waals surface area contributed by atoms with Crippen molar-refractivity contribution in [1.82, 2.24) is 5.16 Å². The number of rotatable bonds is 1. The number of aryl methyl sites for hydroxylation is 1. The summed E-state index contributed by atoms with van der Waals surface area (Å²) in [4.78, 5) is 0. The molecular weight excluding hydrogens is 260 g/mol. The molecule has 0 aliphatic rings. The van der Waals surface area contributed by atoms with Gasteiger partial charge in [0.15, 0.2) is 0 Å². The van der Waals surface area contributed by atoms with Crippen molar-refractivity contribution in [2.45, 2.75) is 6.92 Å². The van der Waals surface area contributed by atoms with Gasteiger partial charge in [-0.3, -0.25) is 0 Å². The molecule has 0 radical (unpaired) electrons. The highest BCUT2D eigenvalue weighted by Gasteiger charge is 2.11. The molecule has 0 aliphatic carbocycles. The highest BCUT2D eigenvalue weighted by atomic mass is 79.9. The molecule has 3 N–H and O–H groups in total. The van der Waals surface area contributed by atoms with Crippen LogP contribution < -0.4 is 5.73 Å². The molecule has 15 heavy (non-hydrogen) atoms. The first-order valence-corrected chi connectivity index (χ1v) is 5.08. The van der Waals surface area contributed by atoms with Crippen molar-refractivity contribution in [1.29, 1.82) is 0 Å². The number of phenols is 1. The van der Waals surface area contributed by atoms with Gasteiger partial charge in [-0.05, 0) is 46.1 Å². The Bertz CT molecular complexity index is 485. The Hall–Kier alpha value is -1.49. The van der Waals surface area contributed by atoms with Gasteiger partial charge in [0, 0.05) is 0 Å². The number of hydrogen-bond donors (Lipinski definition) is 2. The van der Waals surface area contributed by atoms with Crippen LogP contribution >= 0.6 is 15.9 Å². The Morgan fingerprint density at radius 1 is 1.47 bits per heavy atom. The molecule has 1 heterocycles. The third-order valence-electron chi connectivity index (χ3n) is 2.16. The zero-order chi connectivity index (χ0) is 11.0. The molecule has 0 atom stereocenters. The van der Waals surface area contributed by atoms with Crippen LogP contribution in [0.3, 0.4) is 0 Å². The topological polar surface area (TPSA) is 72.3 Å². The molecule has 78 valence electrons. The lowest BCUT2D eigenvalue weighted by molar-refractivity contribution is 0.436. The molecular formula is C10H9BrN2O2. The Morgan fingerprint density at radius 2 is 2.20 bits per heavy atom. The number of hydrogen-bond acceptors (Lipinski definition) is 4. The van der Waals surface area contributed by atoms with Gasteiger partial charge >= 0.3 is 0 Å². The average Bonchev–Trinajstić information content (AvgIpc) is 2.60. The van der Waals surface area contributed by atoms with E-state index in [0.717, 1.165) is 16.7 Å². The van der Waals surface area contributed by atoms with E-state index in [9.17, 15) is 5.11 Å². The van der Waals surface area contributed by atoms with Crippen molar-refractivity contribution >= 4 is 21.8 Å².